The molecule has 2 aromatic rings. The van der Waals surface area contributed by atoms with Gasteiger partial charge >= 0.3 is 0 Å². The maximum absolute atomic E-state index is 12.8. The van der Waals surface area contributed by atoms with Crippen LogP contribution in [0.2, 0.25) is 0 Å². The third kappa shape index (κ3) is 3.37. The first-order chi connectivity index (χ1) is 9.63. The second-order valence-corrected chi connectivity index (χ2v) is 4.41. The predicted octanol–water partition coefficient (Wildman–Crippen LogP) is 1.61. The highest BCUT2D eigenvalue weighted by Crippen LogP contribution is 2.17. The molecular weight excluding hydrogens is 261 g/mol. The SMILES string of the molecule is CCN(CC)CC(N)c1noc(-c2ccc(F)cn2)n1. The van der Waals surface area contributed by atoms with Gasteiger partial charge in [-0.15, -0.1) is 0 Å². The first-order valence-electron chi connectivity index (χ1n) is 6.57. The zero-order valence-corrected chi connectivity index (χ0v) is 11.6. The first kappa shape index (κ1) is 14.5. The number of nitrogens with zero attached hydrogens (tertiary/aromatic N) is 4. The fraction of sp³-hybridized carbons (Fsp3) is 0.462. The van der Waals surface area contributed by atoms with Gasteiger partial charge in [-0.05, 0) is 25.2 Å². The zero-order valence-electron chi connectivity index (χ0n) is 11.6. The van der Waals surface area contributed by atoms with Gasteiger partial charge in [-0.2, -0.15) is 4.98 Å². The van der Waals surface area contributed by atoms with E-state index in [0.29, 0.717) is 18.1 Å². The molecule has 0 bridgehead atoms. The molecule has 0 aliphatic rings. The Morgan fingerprint density at radius 3 is 2.70 bits per heavy atom. The molecule has 0 aromatic carbocycles. The van der Waals surface area contributed by atoms with E-state index in [0.717, 1.165) is 19.3 Å². The lowest BCUT2D eigenvalue weighted by molar-refractivity contribution is 0.278. The average Bonchev–Trinajstić information content (AvgIpc) is 2.95. The maximum Gasteiger partial charge on any atom is 0.276 e. The fourth-order valence-corrected chi connectivity index (χ4v) is 1.83. The second-order valence-electron chi connectivity index (χ2n) is 4.41. The van der Waals surface area contributed by atoms with Gasteiger partial charge in [-0.1, -0.05) is 19.0 Å². The number of rotatable bonds is 6. The topological polar surface area (TPSA) is 81.1 Å². The van der Waals surface area contributed by atoms with Crippen LogP contribution >= 0.6 is 0 Å². The largest absolute Gasteiger partial charge is 0.332 e. The Hall–Kier alpha value is -1.86. The summed E-state index contributed by atoms with van der Waals surface area (Å²) in [4.78, 5) is 10.3. The molecule has 0 saturated heterocycles. The van der Waals surface area contributed by atoms with Crippen LogP contribution in [0.15, 0.2) is 22.9 Å². The van der Waals surface area contributed by atoms with E-state index in [4.69, 9.17) is 10.3 Å². The molecule has 2 rings (SSSR count). The maximum atomic E-state index is 12.8. The van der Waals surface area contributed by atoms with Crippen LogP contribution in [0.5, 0.6) is 0 Å². The van der Waals surface area contributed by atoms with Crippen molar-refractivity contribution >= 4 is 0 Å². The van der Waals surface area contributed by atoms with Gasteiger partial charge in [0.25, 0.3) is 5.89 Å². The van der Waals surface area contributed by atoms with Crippen molar-refractivity contribution in [1.29, 1.82) is 0 Å². The minimum atomic E-state index is -0.410. The van der Waals surface area contributed by atoms with Gasteiger partial charge in [-0.25, -0.2) is 9.37 Å². The van der Waals surface area contributed by atoms with Crippen molar-refractivity contribution in [2.45, 2.75) is 19.9 Å². The van der Waals surface area contributed by atoms with Crippen molar-refractivity contribution in [2.24, 2.45) is 5.73 Å². The number of likely N-dealkylation sites (N-methyl/N-ethyl adjacent to an activating group) is 1. The molecule has 6 nitrogen and oxygen atoms in total. The van der Waals surface area contributed by atoms with Gasteiger partial charge in [0.1, 0.15) is 11.5 Å². The Kier molecular flexibility index (Phi) is 4.75. The minimum Gasteiger partial charge on any atom is -0.332 e. The van der Waals surface area contributed by atoms with E-state index in [1.54, 1.807) is 0 Å². The quantitative estimate of drug-likeness (QED) is 0.865. The lowest BCUT2D eigenvalue weighted by atomic mass is 10.2. The summed E-state index contributed by atoms with van der Waals surface area (Å²) < 4.78 is 17.9. The van der Waals surface area contributed by atoms with Crippen LogP contribution in [-0.2, 0) is 0 Å². The lowest BCUT2D eigenvalue weighted by Crippen LogP contribution is -2.32. The Balaban J connectivity index is 2.10. The summed E-state index contributed by atoms with van der Waals surface area (Å²) in [5.74, 6) is 0.264. The van der Waals surface area contributed by atoms with Gasteiger partial charge in [0, 0.05) is 6.54 Å². The van der Waals surface area contributed by atoms with Crippen LogP contribution in [0.3, 0.4) is 0 Å². The standard InChI is InChI=1S/C13H18FN5O/c1-3-19(4-2)8-10(15)12-17-13(20-18-12)11-6-5-9(14)7-16-11/h5-7,10H,3-4,8,15H2,1-2H3. The number of hydrogen-bond acceptors (Lipinski definition) is 6. The number of aromatic nitrogens is 3. The zero-order chi connectivity index (χ0) is 14.5. The molecule has 2 heterocycles. The summed E-state index contributed by atoms with van der Waals surface area (Å²) in [5.41, 5.74) is 6.49. The van der Waals surface area contributed by atoms with Crippen molar-refractivity contribution in [3.05, 3.63) is 30.0 Å². The molecule has 20 heavy (non-hydrogen) atoms. The monoisotopic (exact) mass is 279 g/mol. The average molecular weight is 279 g/mol. The molecule has 0 fully saturated rings. The van der Waals surface area contributed by atoms with Crippen LogP contribution in [0.4, 0.5) is 4.39 Å². The highest BCUT2D eigenvalue weighted by molar-refractivity contribution is 5.45. The van der Waals surface area contributed by atoms with Crippen molar-refractivity contribution in [1.82, 2.24) is 20.0 Å². The molecule has 0 saturated carbocycles. The van der Waals surface area contributed by atoms with E-state index >= 15 is 0 Å². The summed E-state index contributed by atoms with van der Waals surface area (Å²) in [6.45, 7) is 6.62. The molecule has 0 aliphatic carbocycles. The van der Waals surface area contributed by atoms with Gasteiger partial charge in [0.05, 0.1) is 12.2 Å². The van der Waals surface area contributed by atoms with E-state index < -0.39 is 5.82 Å². The normalized spacial score (nSPS) is 12.8. The number of pyridine rings is 1. The van der Waals surface area contributed by atoms with E-state index in [-0.39, 0.29) is 11.9 Å². The Bertz CT molecular complexity index is 538. The predicted molar refractivity (Wildman–Crippen MR) is 72.2 cm³/mol. The summed E-state index contributed by atoms with van der Waals surface area (Å²) in [6.07, 6.45) is 1.11. The summed E-state index contributed by atoms with van der Waals surface area (Å²) >= 11 is 0. The fourth-order valence-electron chi connectivity index (χ4n) is 1.83. The molecule has 0 radical (unpaired) electrons. The van der Waals surface area contributed by atoms with Crippen molar-refractivity contribution in [3.8, 4) is 11.6 Å². The molecule has 1 unspecified atom stereocenters. The molecule has 0 spiro atoms. The van der Waals surface area contributed by atoms with Crippen LogP contribution < -0.4 is 5.73 Å². The third-order valence-electron chi connectivity index (χ3n) is 3.07. The van der Waals surface area contributed by atoms with E-state index in [1.807, 2.05) is 0 Å². The van der Waals surface area contributed by atoms with Crippen LogP contribution in [0, 0.1) is 5.82 Å². The van der Waals surface area contributed by atoms with E-state index in [2.05, 4.69) is 33.9 Å². The Morgan fingerprint density at radius 1 is 1.35 bits per heavy atom. The number of hydrogen-bond donors (Lipinski definition) is 1. The van der Waals surface area contributed by atoms with Gasteiger partial charge in [0.2, 0.25) is 0 Å². The molecule has 2 N–H and O–H groups in total. The summed E-state index contributed by atoms with van der Waals surface area (Å²) in [6, 6.07) is 2.46. The first-order valence-corrected chi connectivity index (χ1v) is 6.57. The molecule has 108 valence electrons. The lowest BCUT2D eigenvalue weighted by Gasteiger charge is -2.20. The van der Waals surface area contributed by atoms with Crippen LogP contribution in [0.25, 0.3) is 11.6 Å². The second kappa shape index (κ2) is 6.53. The van der Waals surface area contributed by atoms with Gasteiger partial charge in [-0.3, -0.25) is 0 Å². The van der Waals surface area contributed by atoms with Crippen LogP contribution in [-0.4, -0.2) is 39.7 Å². The molecule has 0 aliphatic heterocycles. The van der Waals surface area contributed by atoms with E-state index in [9.17, 15) is 4.39 Å². The van der Waals surface area contributed by atoms with E-state index in [1.165, 1.54) is 12.1 Å². The third-order valence-corrected chi connectivity index (χ3v) is 3.07. The Morgan fingerprint density at radius 2 is 2.10 bits per heavy atom. The van der Waals surface area contributed by atoms with Gasteiger partial charge < -0.3 is 15.2 Å². The van der Waals surface area contributed by atoms with Crippen molar-refractivity contribution < 1.29 is 8.91 Å². The molecular formula is C13H18FN5O. The van der Waals surface area contributed by atoms with Crippen molar-refractivity contribution in [3.63, 3.8) is 0 Å². The summed E-state index contributed by atoms with van der Waals surface area (Å²) in [5, 5.41) is 3.87. The van der Waals surface area contributed by atoms with Crippen molar-refractivity contribution in [2.75, 3.05) is 19.6 Å². The molecule has 1 atom stereocenters. The molecule has 7 heteroatoms. The summed E-state index contributed by atoms with van der Waals surface area (Å²) in [7, 11) is 0. The smallest absolute Gasteiger partial charge is 0.276 e. The number of halogens is 1. The highest BCUT2D eigenvalue weighted by Gasteiger charge is 2.17. The molecule has 0 amide bonds. The van der Waals surface area contributed by atoms with Gasteiger partial charge in [0.15, 0.2) is 5.82 Å². The van der Waals surface area contributed by atoms with Crippen LogP contribution in [0.1, 0.15) is 25.7 Å². The number of nitrogens with two attached hydrogens (primary N) is 1. The highest BCUT2D eigenvalue weighted by atomic mass is 19.1. The minimum absolute atomic E-state index is 0.245. The Labute approximate surface area is 116 Å². The molecule has 2 aromatic heterocycles.